The number of halogens is 1. The molecular weight excluding hydrogens is 292 g/mol. The number of pyridine rings is 1. The first-order valence-corrected chi connectivity index (χ1v) is 7.57. The summed E-state index contributed by atoms with van der Waals surface area (Å²) in [6, 6.07) is 20.5. The first-order chi connectivity index (χ1) is 10.8. The zero-order valence-electron chi connectivity index (χ0n) is 11.6. The van der Waals surface area contributed by atoms with Gasteiger partial charge >= 0.3 is 0 Å². The van der Waals surface area contributed by atoms with Crippen LogP contribution in [0.25, 0.3) is 32.9 Å². The Bertz CT molecular complexity index is 1070. The normalized spacial score (nSPS) is 12.2. The van der Waals surface area contributed by atoms with E-state index in [4.69, 9.17) is 16.6 Å². The number of para-hydroxylation sites is 1. The Hall–Kier alpha value is -2.58. The van der Waals surface area contributed by atoms with Gasteiger partial charge in [-0.15, -0.1) is 0 Å². The monoisotopic (exact) mass is 302 g/mol. The van der Waals surface area contributed by atoms with Gasteiger partial charge < -0.3 is 5.32 Å². The van der Waals surface area contributed by atoms with Crippen molar-refractivity contribution in [1.82, 2.24) is 4.98 Å². The van der Waals surface area contributed by atoms with Crippen molar-refractivity contribution >= 4 is 44.7 Å². The summed E-state index contributed by atoms with van der Waals surface area (Å²) in [7, 11) is 0. The van der Waals surface area contributed by atoms with E-state index in [1.165, 1.54) is 5.39 Å². The van der Waals surface area contributed by atoms with Crippen LogP contribution in [0, 0.1) is 0 Å². The van der Waals surface area contributed by atoms with Crippen molar-refractivity contribution in [2.75, 3.05) is 5.32 Å². The third-order valence-electron chi connectivity index (χ3n) is 4.23. The molecule has 2 heterocycles. The van der Waals surface area contributed by atoms with Crippen molar-refractivity contribution in [2.24, 2.45) is 0 Å². The van der Waals surface area contributed by atoms with E-state index >= 15 is 0 Å². The number of aromatic nitrogens is 1. The minimum absolute atomic E-state index is 0.735. The molecule has 2 nitrogen and oxygen atoms in total. The second-order valence-electron chi connectivity index (χ2n) is 5.52. The number of nitrogens with zero attached hydrogens (tertiary/aromatic N) is 1. The van der Waals surface area contributed by atoms with E-state index in [0.717, 1.165) is 43.9 Å². The molecule has 1 aliphatic heterocycles. The lowest BCUT2D eigenvalue weighted by atomic mass is 9.95. The van der Waals surface area contributed by atoms with Gasteiger partial charge in [0.05, 0.1) is 11.2 Å². The first-order valence-electron chi connectivity index (χ1n) is 7.20. The highest BCUT2D eigenvalue weighted by molar-refractivity contribution is 6.32. The topological polar surface area (TPSA) is 24.9 Å². The smallest absolute Gasteiger partial charge is 0.0829 e. The summed E-state index contributed by atoms with van der Waals surface area (Å²) in [6.45, 7) is 0. The van der Waals surface area contributed by atoms with E-state index in [1.807, 2.05) is 30.3 Å². The van der Waals surface area contributed by atoms with Crippen LogP contribution in [0.2, 0.25) is 5.02 Å². The largest absolute Gasteiger partial charge is 0.354 e. The predicted molar refractivity (Wildman–Crippen MR) is 93.0 cm³/mol. The van der Waals surface area contributed by atoms with Crippen LogP contribution in [0.3, 0.4) is 0 Å². The Labute approximate surface area is 132 Å². The molecule has 1 aliphatic rings. The summed E-state index contributed by atoms with van der Waals surface area (Å²) in [6.07, 6.45) is 0. The Morgan fingerprint density at radius 2 is 1.68 bits per heavy atom. The number of hydrogen-bond acceptors (Lipinski definition) is 2. The van der Waals surface area contributed by atoms with Gasteiger partial charge in [-0.05, 0) is 35.7 Å². The van der Waals surface area contributed by atoms with Gasteiger partial charge in [-0.2, -0.15) is 0 Å². The average Bonchev–Trinajstić information content (AvgIpc) is 2.55. The molecule has 3 heteroatoms. The van der Waals surface area contributed by atoms with Gasteiger partial charge in [0.1, 0.15) is 0 Å². The molecule has 0 atom stereocenters. The Morgan fingerprint density at radius 3 is 2.64 bits per heavy atom. The van der Waals surface area contributed by atoms with Gasteiger partial charge in [-0.3, -0.25) is 0 Å². The van der Waals surface area contributed by atoms with Crippen LogP contribution in [0.5, 0.6) is 0 Å². The van der Waals surface area contributed by atoms with Gasteiger partial charge in [-0.1, -0.05) is 41.9 Å². The maximum Gasteiger partial charge on any atom is 0.0829 e. The molecule has 22 heavy (non-hydrogen) atoms. The van der Waals surface area contributed by atoms with Crippen molar-refractivity contribution < 1.29 is 0 Å². The van der Waals surface area contributed by atoms with Crippen molar-refractivity contribution in [1.29, 1.82) is 0 Å². The zero-order valence-corrected chi connectivity index (χ0v) is 12.4. The van der Waals surface area contributed by atoms with E-state index in [0.29, 0.717) is 0 Å². The molecule has 0 saturated heterocycles. The quantitative estimate of drug-likeness (QED) is 0.368. The van der Waals surface area contributed by atoms with Gasteiger partial charge in [0.15, 0.2) is 0 Å². The van der Waals surface area contributed by atoms with Crippen molar-refractivity contribution in [3.8, 4) is 11.3 Å². The fourth-order valence-corrected chi connectivity index (χ4v) is 3.44. The highest BCUT2D eigenvalue weighted by Crippen LogP contribution is 2.44. The van der Waals surface area contributed by atoms with E-state index < -0.39 is 0 Å². The van der Waals surface area contributed by atoms with Crippen LogP contribution < -0.4 is 5.32 Å². The van der Waals surface area contributed by atoms with E-state index in [2.05, 4.69) is 35.6 Å². The molecular formula is C19H11ClN2. The number of fused-ring (bicyclic) bond motifs is 4. The molecule has 0 spiro atoms. The van der Waals surface area contributed by atoms with Crippen LogP contribution in [0.1, 0.15) is 0 Å². The minimum Gasteiger partial charge on any atom is -0.354 e. The van der Waals surface area contributed by atoms with Crippen molar-refractivity contribution in [3.63, 3.8) is 0 Å². The van der Waals surface area contributed by atoms with Gasteiger partial charge in [0, 0.05) is 32.7 Å². The van der Waals surface area contributed by atoms with Crippen LogP contribution in [-0.2, 0) is 0 Å². The third kappa shape index (κ3) is 1.53. The second-order valence-corrected chi connectivity index (χ2v) is 5.96. The van der Waals surface area contributed by atoms with Gasteiger partial charge in [0.25, 0.3) is 0 Å². The Kier molecular flexibility index (Phi) is 2.30. The maximum absolute atomic E-state index is 6.18. The highest BCUT2D eigenvalue weighted by atomic mass is 35.5. The standard InChI is InChI=1S/C19H11ClN2/c20-11-8-9-16-14(10-11)12-5-3-7-17-18(12)19(22-16)13-4-1-2-6-15(13)21-17/h1-10,21H. The van der Waals surface area contributed by atoms with Crippen LogP contribution in [0.4, 0.5) is 11.4 Å². The van der Waals surface area contributed by atoms with E-state index in [1.54, 1.807) is 0 Å². The molecule has 3 aromatic carbocycles. The number of anilines is 2. The number of benzene rings is 3. The lowest BCUT2D eigenvalue weighted by Gasteiger charge is -2.22. The Morgan fingerprint density at radius 1 is 0.818 bits per heavy atom. The van der Waals surface area contributed by atoms with Crippen molar-refractivity contribution in [3.05, 3.63) is 65.7 Å². The minimum atomic E-state index is 0.735. The number of rotatable bonds is 0. The summed E-state index contributed by atoms with van der Waals surface area (Å²) in [5.41, 5.74) is 5.35. The molecule has 104 valence electrons. The van der Waals surface area contributed by atoms with Gasteiger partial charge in [-0.25, -0.2) is 4.98 Å². The van der Waals surface area contributed by atoms with Crippen LogP contribution >= 0.6 is 11.6 Å². The molecule has 1 aromatic heterocycles. The summed E-state index contributed by atoms with van der Waals surface area (Å²) < 4.78 is 0. The molecule has 4 aromatic rings. The molecule has 5 rings (SSSR count). The lowest BCUT2D eigenvalue weighted by molar-refractivity contribution is 1.40. The summed E-state index contributed by atoms with van der Waals surface area (Å²) >= 11 is 6.18. The fraction of sp³-hybridized carbons (Fsp3) is 0. The summed E-state index contributed by atoms with van der Waals surface area (Å²) in [5.74, 6) is 0. The van der Waals surface area contributed by atoms with Crippen molar-refractivity contribution in [2.45, 2.75) is 0 Å². The zero-order chi connectivity index (χ0) is 14.7. The molecule has 0 amide bonds. The van der Waals surface area contributed by atoms with E-state index in [-0.39, 0.29) is 0 Å². The van der Waals surface area contributed by atoms with Gasteiger partial charge in [0.2, 0.25) is 0 Å². The average molecular weight is 303 g/mol. The molecule has 0 unspecified atom stereocenters. The first kappa shape index (κ1) is 12.0. The number of nitrogens with one attached hydrogen (secondary N) is 1. The molecule has 0 radical (unpaired) electrons. The molecule has 0 saturated carbocycles. The maximum atomic E-state index is 6.18. The van der Waals surface area contributed by atoms with Crippen LogP contribution in [0.15, 0.2) is 60.7 Å². The number of hydrogen-bond donors (Lipinski definition) is 1. The molecule has 1 N–H and O–H groups in total. The molecule has 0 bridgehead atoms. The fourth-order valence-electron chi connectivity index (χ4n) is 3.27. The summed E-state index contributed by atoms with van der Waals surface area (Å²) in [5, 5.41) is 7.68. The molecule has 0 aliphatic carbocycles. The lowest BCUT2D eigenvalue weighted by Crippen LogP contribution is -2.02. The predicted octanol–water partition coefficient (Wildman–Crippen LogP) is 5.77. The van der Waals surface area contributed by atoms with E-state index in [9.17, 15) is 0 Å². The highest BCUT2D eigenvalue weighted by Gasteiger charge is 2.20. The molecule has 0 fully saturated rings. The third-order valence-corrected chi connectivity index (χ3v) is 4.47. The van der Waals surface area contributed by atoms with Crippen LogP contribution in [-0.4, -0.2) is 4.98 Å². The Balaban J connectivity index is 2.04. The SMILES string of the molecule is Clc1ccc2nc3c4c(cccc4c2c1)Nc1ccccc1-3. The second kappa shape index (κ2) is 4.21. The summed E-state index contributed by atoms with van der Waals surface area (Å²) in [4.78, 5) is 4.92.